The van der Waals surface area contributed by atoms with E-state index < -0.39 is 0 Å². The van der Waals surface area contributed by atoms with Crippen LogP contribution in [0.5, 0.6) is 0 Å². The molecule has 2 unspecified atom stereocenters. The van der Waals surface area contributed by atoms with Gasteiger partial charge in [0.15, 0.2) is 0 Å². The zero-order valence-corrected chi connectivity index (χ0v) is 9.61. The molecule has 1 aliphatic heterocycles. The minimum absolute atomic E-state index is 0.0759. The molecule has 3 atom stereocenters. The van der Waals surface area contributed by atoms with Crippen molar-refractivity contribution in [1.29, 1.82) is 0 Å². The van der Waals surface area contributed by atoms with Gasteiger partial charge in [-0.2, -0.15) is 0 Å². The van der Waals surface area contributed by atoms with Crippen molar-refractivity contribution in [1.82, 2.24) is 0 Å². The molecule has 1 heteroatoms. The van der Waals surface area contributed by atoms with Crippen LogP contribution in [0, 0.1) is 11.3 Å². The molecule has 2 rings (SSSR count). The summed E-state index contributed by atoms with van der Waals surface area (Å²) in [6, 6.07) is 0. The normalized spacial score (nSPS) is 53.8. The van der Waals surface area contributed by atoms with Crippen LogP contribution in [-0.4, -0.2) is 11.2 Å². The number of fused-ring (bicyclic) bond motifs is 2. The lowest BCUT2D eigenvalue weighted by molar-refractivity contribution is -0.106. The molecular weight excluding hydrogens is 160 g/mol. The lowest BCUT2D eigenvalue weighted by atomic mass is 9.62. The zero-order chi connectivity index (χ0) is 9.91. The van der Waals surface area contributed by atoms with Crippen LogP contribution in [0.15, 0.2) is 0 Å². The average molecular weight is 182 g/mol. The van der Waals surface area contributed by atoms with Gasteiger partial charge in [0.2, 0.25) is 0 Å². The molecule has 1 saturated carbocycles. The van der Waals surface area contributed by atoms with E-state index in [4.69, 9.17) is 4.74 Å². The lowest BCUT2D eigenvalue weighted by Gasteiger charge is -2.39. The molecule has 1 nitrogen and oxygen atoms in total. The van der Waals surface area contributed by atoms with Crippen molar-refractivity contribution in [2.45, 2.75) is 65.1 Å². The monoisotopic (exact) mass is 182 g/mol. The third kappa shape index (κ3) is 1.09. The highest BCUT2D eigenvalue weighted by Gasteiger charge is 2.60. The Labute approximate surface area is 81.9 Å². The van der Waals surface area contributed by atoms with Crippen molar-refractivity contribution in [3.8, 4) is 0 Å². The third-order valence-corrected chi connectivity index (χ3v) is 4.85. The van der Waals surface area contributed by atoms with Crippen molar-refractivity contribution in [2.24, 2.45) is 11.3 Å². The predicted octanol–water partition coefficient (Wildman–Crippen LogP) is 3.38. The Balaban J connectivity index is 2.37. The summed E-state index contributed by atoms with van der Waals surface area (Å²) in [6.07, 6.45) is 3.90. The first-order valence-electron chi connectivity index (χ1n) is 5.49. The standard InChI is InChI=1S/C12H22O/c1-9-6-7-11(4)8-12(9,5)13-10(11,2)3/h9H,6-8H2,1-5H3/t9?,11-,12?/m0/s1. The van der Waals surface area contributed by atoms with Crippen LogP contribution in [0.25, 0.3) is 0 Å². The summed E-state index contributed by atoms with van der Waals surface area (Å²) in [5.41, 5.74) is 0.636. The Morgan fingerprint density at radius 1 is 1.15 bits per heavy atom. The SMILES string of the molecule is CC1CC[C@@]2(C)CC1(C)OC2(C)C. The molecule has 1 aliphatic carbocycles. The fraction of sp³-hybridized carbons (Fsp3) is 1.00. The Hall–Kier alpha value is -0.0400. The average Bonchev–Trinajstić information content (AvgIpc) is 2.10. The third-order valence-electron chi connectivity index (χ3n) is 4.85. The fourth-order valence-electron chi connectivity index (χ4n) is 3.23. The molecule has 76 valence electrons. The minimum Gasteiger partial charge on any atom is -0.369 e. The molecular formula is C12H22O. The number of ether oxygens (including phenoxy) is 1. The van der Waals surface area contributed by atoms with E-state index in [0.717, 1.165) is 5.92 Å². The van der Waals surface area contributed by atoms with Crippen LogP contribution in [0.4, 0.5) is 0 Å². The topological polar surface area (TPSA) is 9.23 Å². The fourth-order valence-corrected chi connectivity index (χ4v) is 3.23. The molecule has 0 aromatic rings. The van der Waals surface area contributed by atoms with E-state index in [-0.39, 0.29) is 11.2 Å². The van der Waals surface area contributed by atoms with Gasteiger partial charge in [-0.25, -0.2) is 0 Å². The van der Waals surface area contributed by atoms with Crippen molar-refractivity contribution in [3.63, 3.8) is 0 Å². The Morgan fingerprint density at radius 3 is 2.31 bits per heavy atom. The van der Waals surface area contributed by atoms with Crippen LogP contribution < -0.4 is 0 Å². The lowest BCUT2D eigenvalue weighted by Crippen LogP contribution is -2.38. The van der Waals surface area contributed by atoms with E-state index in [1.807, 2.05) is 0 Å². The molecule has 0 N–H and O–H groups in total. The molecule has 0 aromatic carbocycles. The summed E-state index contributed by atoms with van der Waals surface area (Å²) < 4.78 is 6.28. The van der Waals surface area contributed by atoms with E-state index in [9.17, 15) is 0 Å². The Bertz CT molecular complexity index is 229. The smallest absolute Gasteiger partial charge is 0.0693 e. The van der Waals surface area contributed by atoms with E-state index in [1.165, 1.54) is 19.3 Å². The number of rotatable bonds is 0. The first kappa shape index (κ1) is 9.51. The molecule has 13 heavy (non-hydrogen) atoms. The molecule has 0 aromatic heterocycles. The van der Waals surface area contributed by atoms with Gasteiger partial charge in [-0.15, -0.1) is 0 Å². The maximum absolute atomic E-state index is 6.28. The molecule has 2 fully saturated rings. The summed E-state index contributed by atoms with van der Waals surface area (Å²) >= 11 is 0. The van der Waals surface area contributed by atoms with Crippen LogP contribution in [-0.2, 0) is 4.74 Å². The highest BCUT2D eigenvalue weighted by molar-refractivity contribution is 5.09. The predicted molar refractivity (Wildman–Crippen MR) is 54.7 cm³/mol. The molecule has 2 aliphatic rings. The summed E-state index contributed by atoms with van der Waals surface area (Å²) in [7, 11) is 0. The summed E-state index contributed by atoms with van der Waals surface area (Å²) in [6.45, 7) is 11.5. The quantitative estimate of drug-likeness (QED) is 0.558. The van der Waals surface area contributed by atoms with Crippen molar-refractivity contribution >= 4 is 0 Å². The van der Waals surface area contributed by atoms with Crippen LogP contribution in [0.2, 0.25) is 0 Å². The zero-order valence-electron chi connectivity index (χ0n) is 9.61. The second-order valence-corrected chi connectivity index (χ2v) is 6.10. The van der Waals surface area contributed by atoms with E-state index in [0.29, 0.717) is 5.41 Å². The summed E-state index contributed by atoms with van der Waals surface area (Å²) in [5.74, 6) is 0.724. The minimum atomic E-state index is 0.0759. The molecule has 0 spiro atoms. The highest BCUT2D eigenvalue weighted by atomic mass is 16.5. The second kappa shape index (κ2) is 2.31. The van der Waals surface area contributed by atoms with Gasteiger partial charge in [0.25, 0.3) is 0 Å². The molecule has 0 radical (unpaired) electrons. The molecule has 1 heterocycles. The van der Waals surface area contributed by atoms with E-state index >= 15 is 0 Å². The second-order valence-electron chi connectivity index (χ2n) is 6.10. The molecule has 0 amide bonds. The Kier molecular flexibility index (Phi) is 1.69. The largest absolute Gasteiger partial charge is 0.369 e. The highest BCUT2D eigenvalue weighted by Crippen LogP contribution is 2.60. The first-order valence-corrected chi connectivity index (χ1v) is 5.49. The van der Waals surface area contributed by atoms with Gasteiger partial charge < -0.3 is 4.74 Å². The van der Waals surface area contributed by atoms with Gasteiger partial charge in [0, 0.05) is 0 Å². The molecule has 2 bridgehead atoms. The van der Waals surface area contributed by atoms with Gasteiger partial charge in [-0.3, -0.25) is 0 Å². The number of hydrogen-bond donors (Lipinski definition) is 0. The van der Waals surface area contributed by atoms with Gasteiger partial charge in [-0.05, 0) is 51.4 Å². The van der Waals surface area contributed by atoms with Crippen molar-refractivity contribution in [2.75, 3.05) is 0 Å². The first-order chi connectivity index (χ1) is 5.79. The summed E-state index contributed by atoms with van der Waals surface area (Å²) in [5, 5.41) is 0. The maximum Gasteiger partial charge on any atom is 0.0693 e. The van der Waals surface area contributed by atoms with E-state index in [2.05, 4.69) is 34.6 Å². The van der Waals surface area contributed by atoms with Crippen LogP contribution in [0.1, 0.15) is 53.9 Å². The number of hydrogen-bond acceptors (Lipinski definition) is 1. The summed E-state index contributed by atoms with van der Waals surface area (Å²) in [4.78, 5) is 0. The van der Waals surface area contributed by atoms with Gasteiger partial charge in [0.05, 0.1) is 11.2 Å². The van der Waals surface area contributed by atoms with Gasteiger partial charge in [0.1, 0.15) is 0 Å². The van der Waals surface area contributed by atoms with Crippen molar-refractivity contribution in [3.05, 3.63) is 0 Å². The van der Waals surface area contributed by atoms with E-state index in [1.54, 1.807) is 0 Å². The van der Waals surface area contributed by atoms with Crippen LogP contribution in [0.3, 0.4) is 0 Å². The van der Waals surface area contributed by atoms with Crippen molar-refractivity contribution < 1.29 is 4.74 Å². The van der Waals surface area contributed by atoms with Crippen LogP contribution >= 0.6 is 0 Å². The molecule has 1 saturated heterocycles. The van der Waals surface area contributed by atoms with Gasteiger partial charge >= 0.3 is 0 Å². The maximum atomic E-state index is 6.28. The Morgan fingerprint density at radius 2 is 1.77 bits per heavy atom. The van der Waals surface area contributed by atoms with Gasteiger partial charge in [-0.1, -0.05) is 13.8 Å².